The van der Waals surface area contributed by atoms with Crippen molar-refractivity contribution in [2.45, 2.75) is 149 Å². The van der Waals surface area contributed by atoms with Crippen LogP contribution in [-0.2, 0) is 50.7 Å². The van der Waals surface area contributed by atoms with Gasteiger partial charge in [-0.3, -0.25) is 9.36 Å². The van der Waals surface area contributed by atoms with E-state index >= 15 is 0 Å². The molecule has 0 bridgehead atoms. The number of hydrogen-bond acceptors (Lipinski definition) is 14. The fourth-order valence-corrected chi connectivity index (χ4v) is 8.06. The van der Waals surface area contributed by atoms with Crippen molar-refractivity contribution in [3.63, 3.8) is 0 Å². The van der Waals surface area contributed by atoms with Crippen molar-refractivity contribution in [3.8, 4) is 5.75 Å². The van der Waals surface area contributed by atoms with E-state index in [0.717, 1.165) is 5.56 Å². The molecule has 1 fully saturated rings. The highest BCUT2D eigenvalue weighted by atomic mass is 35.5. The normalized spacial score (nSPS) is 18.0. The summed E-state index contributed by atoms with van der Waals surface area (Å²) in [7, 11) is -2.51. The lowest BCUT2D eigenvalue weighted by atomic mass is 9.90. The first-order chi connectivity index (χ1) is 29.7. The average Bonchev–Trinajstić information content (AvgIpc) is 3.77. The van der Waals surface area contributed by atoms with Crippen LogP contribution >= 0.6 is 11.6 Å². The summed E-state index contributed by atoms with van der Waals surface area (Å²) in [6, 6.07) is 16.9. The van der Waals surface area contributed by atoms with Crippen LogP contribution in [0.15, 0.2) is 60.9 Å². The monoisotopic (exact) mass is 923 g/mol. The number of fused-ring (bicyclic) bond motifs is 1. The summed E-state index contributed by atoms with van der Waals surface area (Å²) in [6.45, 7) is 23.6. The van der Waals surface area contributed by atoms with Crippen LogP contribution < -0.4 is 9.64 Å². The molecule has 1 aliphatic heterocycles. The van der Waals surface area contributed by atoms with Gasteiger partial charge < -0.3 is 32.8 Å². The molecule has 1 saturated heterocycles. The Balaban J connectivity index is 1.49. The van der Waals surface area contributed by atoms with Crippen LogP contribution in [0.2, 0.25) is 23.4 Å². The summed E-state index contributed by atoms with van der Waals surface area (Å²) in [6.07, 6.45) is -2.81. The second-order valence-corrected chi connectivity index (χ2v) is 24.3. The zero-order valence-electron chi connectivity index (χ0n) is 39.1. The molecular formula is C46H62ClN5O11Si. The fourth-order valence-electron chi connectivity index (χ4n) is 6.58. The number of benzene rings is 2. The molecule has 2 aromatic carbocycles. The summed E-state index contributed by atoms with van der Waals surface area (Å²) in [4.78, 5) is 68.8. The quantitative estimate of drug-likeness (QED) is 0.0362. The van der Waals surface area contributed by atoms with Crippen LogP contribution in [0.1, 0.15) is 99.9 Å². The largest absolute Gasteiger partial charge is 0.489 e. The molecule has 5 rings (SSSR count). The third kappa shape index (κ3) is 12.2. The van der Waals surface area contributed by atoms with Crippen LogP contribution in [0.4, 0.5) is 15.4 Å². The molecule has 348 valence electrons. The summed E-state index contributed by atoms with van der Waals surface area (Å²) >= 11 is 6.55. The van der Waals surface area contributed by atoms with Crippen LogP contribution in [-0.4, -0.2) is 94.0 Å². The summed E-state index contributed by atoms with van der Waals surface area (Å²) in [5.41, 5.74) is -2.21. The van der Waals surface area contributed by atoms with Crippen molar-refractivity contribution in [2.75, 3.05) is 18.1 Å². The molecule has 16 nitrogen and oxygen atoms in total. The maximum atomic E-state index is 13.8. The van der Waals surface area contributed by atoms with E-state index in [4.69, 9.17) is 44.4 Å². The number of ether oxygens (including phenoxy) is 6. The number of imidazole rings is 1. The molecule has 0 aliphatic carbocycles. The third-order valence-electron chi connectivity index (χ3n) is 10.7. The van der Waals surface area contributed by atoms with E-state index in [-0.39, 0.29) is 53.4 Å². The smallest absolute Gasteiger partial charge is 0.425 e. The van der Waals surface area contributed by atoms with E-state index in [1.165, 1.54) is 13.3 Å². The number of imide groups is 1. The van der Waals surface area contributed by atoms with E-state index in [1.807, 2.05) is 30.3 Å². The summed E-state index contributed by atoms with van der Waals surface area (Å²) in [5, 5.41) is -0.517. The Bertz CT molecular complexity index is 2260. The molecule has 3 heterocycles. The van der Waals surface area contributed by atoms with Gasteiger partial charge in [0.05, 0.1) is 31.7 Å². The molecule has 18 heteroatoms. The second-order valence-electron chi connectivity index (χ2n) is 19.2. The number of esters is 1. The van der Waals surface area contributed by atoms with Crippen molar-refractivity contribution in [1.29, 1.82) is 0 Å². The molecule has 0 radical (unpaired) electrons. The van der Waals surface area contributed by atoms with E-state index in [2.05, 4.69) is 48.8 Å². The maximum Gasteiger partial charge on any atom is 0.425 e. The van der Waals surface area contributed by atoms with Gasteiger partial charge in [-0.1, -0.05) is 63.2 Å². The lowest BCUT2D eigenvalue weighted by Crippen LogP contribution is -2.52. The number of hydrogen-bond donors (Lipinski definition) is 0. The standard InChI is InChI=1S/C46H62ClN5O11Si/c1-14-57-39(54)46(29(2)53,25-30-20-22-32(23-21-30)58-26-31-18-16-15-17-19-31)59-27-33-24-34(63-64(12,13)45(9,10)11)38(60-33)51-28-48-35-36(51)49-40(47)50-37(35)52(41(55)61-43(3,4)5)42(56)62-44(6,7)8/h15-23,28,33-34,38H,14,24-27H2,1-13H3/t33-,34+,38+,46?/m0/s1. The maximum absolute atomic E-state index is 13.8. The van der Waals surface area contributed by atoms with Crippen molar-refractivity contribution in [3.05, 3.63) is 77.3 Å². The highest BCUT2D eigenvalue weighted by Gasteiger charge is 2.50. The van der Waals surface area contributed by atoms with E-state index in [9.17, 15) is 19.2 Å². The molecule has 64 heavy (non-hydrogen) atoms. The molecule has 0 saturated carbocycles. The van der Waals surface area contributed by atoms with Gasteiger partial charge in [-0.2, -0.15) is 14.9 Å². The Morgan fingerprint density at radius 3 is 2.03 bits per heavy atom. The average molecular weight is 925 g/mol. The van der Waals surface area contributed by atoms with E-state index < -0.39 is 67.5 Å². The Labute approximate surface area is 381 Å². The SMILES string of the molecule is CCOC(=O)C(Cc1ccc(OCc2ccccc2)cc1)(OC[C@@H]1C[C@@H](O[Si](C)(C)C(C)(C)C)[C@H](n2cnc3c(N(C(=O)OC(C)(C)C)C(=O)OC(C)(C)C)nc(Cl)nc32)O1)C(C)=O. The molecule has 0 spiro atoms. The molecule has 1 unspecified atom stereocenters. The number of amides is 2. The van der Waals surface area contributed by atoms with Gasteiger partial charge in [-0.25, -0.2) is 19.4 Å². The van der Waals surface area contributed by atoms with Crippen molar-refractivity contribution in [1.82, 2.24) is 19.5 Å². The number of anilines is 1. The summed E-state index contributed by atoms with van der Waals surface area (Å²) < 4.78 is 44.4. The third-order valence-corrected chi connectivity index (χ3v) is 15.4. The number of ketones is 1. The molecular weight excluding hydrogens is 862 g/mol. The number of carbonyl (C=O) groups is 4. The predicted octanol–water partition coefficient (Wildman–Crippen LogP) is 9.56. The molecule has 2 aromatic heterocycles. The number of nitrogens with zero attached hydrogens (tertiary/aromatic N) is 5. The highest BCUT2D eigenvalue weighted by Crippen LogP contribution is 2.43. The lowest BCUT2D eigenvalue weighted by molar-refractivity contribution is -0.181. The molecule has 0 N–H and O–H groups in total. The number of aromatic nitrogens is 4. The Kier molecular flexibility index (Phi) is 15.4. The zero-order valence-corrected chi connectivity index (χ0v) is 40.9. The van der Waals surface area contributed by atoms with Crippen molar-refractivity contribution in [2.24, 2.45) is 0 Å². The minimum absolute atomic E-state index is 0.0184. The second kappa shape index (κ2) is 19.7. The van der Waals surface area contributed by atoms with Gasteiger partial charge in [-0.15, -0.1) is 0 Å². The predicted molar refractivity (Wildman–Crippen MR) is 243 cm³/mol. The van der Waals surface area contributed by atoms with Gasteiger partial charge in [0.2, 0.25) is 10.9 Å². The first kappa shape index (κ1) is 50.1. The minimum Gasteiger partial charge on any atom is -0.489 e. The fraction of sp³-hybridized carbons (Fsp3) is 0.543. The van der Waals surface area contributed by atoms with E-state index in [0.29, 0.717) is 22.8 Å². The van der Waals surface area contributed by atoms with Crippen LogP contribution in [0, 0.1) is 0 Å². The van der Waals surface area contributed by atoms with Gasteiger partial charge in [0.15, 0.2) is 37.3 Å². The molecule has 1 aliphatic rings. The topological polar surface area (TPSA) is 180 Å². The van der Waals surface area contributed by atoms with Gasteiger partial charge in [0.1, 0.15) is 23.6 Å². The Morgan fingerprint density at radius 1 is 0.875 bits per heavy atom. The number of rotatable bonds is 15. The zero-order chi connectivity index (χ0) is 47.4. The number of carbonyl (C=O) groups excluding carboxylic acids is 4. The van der Waals surface area contributed by atoms with Crippen molar-refractivity contribution >= 4 is 60.8 Å². The van der Waals surface area contributed by atoms with Crippen LogP contribution in [0.5, 0.6) is 5.75 Å². The molecule has 4 atom stereocenters. The Morgan fingerprint density at radius 2 is 1.48 bits per heavy atom. The van der Waals surface area contributed by atoms with Gasteiger partial charge >= 0.3 is 18.2 Å². The highest BCUT2D eigenvalue weighted by molar-refractivity contribution is 6.74. The minimum atomic E-state index is -2.51. The number of halogens is 1. The van der Waals surface area contributed by atoms with Crippen LogP contribution in [0.25, 0.3) is 11.2 Å². The summed E-state index contributed by atoms with van der Waals surface area (Å²) in [5.74, 6) is -1.02. The first-order valence-electron chi connectivity index (χ1n) is 21.3. The van der Waals surface area contributed by atoms with Gasteiger partial charge in [-0.05, 0) is 108 Å². The van der Waals surface area contributed by atoms with E-state index in [1.54, 1.807) is 77.3 Å². The van der Waals surface area contributed by atoms with Gasteiger partial charge in [0, 0.05) is 12.8 Å². The first-order valence-corrected chi connectivity index (χ1v) is 24.6. The number of Topliss-reactive ketones (excluding diaryl/α,β-unsaturated/α-hetero) is 1. The molecule has 2 amide bonds. The Hall–Kier alpha value is -4.94. The van der Waals surface area contributed by atoms with Crippen LogP contribution in [0.3, 0.4) is 0 Å². The molecule has 4 aromatic rings. The van der Waals surface area contributed by atoms with Crippen molar-refractivity contribution < 1.29 is 52.0 Å². The van der Waals surface area contributed by atoms with Gasteiger partial charge in [0.25, 0.3) is 0 Å². The lowest BCUT2D eigenvalue weighted by Gasteiger charge is -2.39.